The maximum absolute atomic E-state index is 12.5. The first-order chi connectivity index (χ1) is 13.5. The van der Waals surface area contributed by atoms with Crippen LogP contribution in [0.5, 0.6) is 0 Å². The molecule has 0 radical (unpaired) electrons. The molecule has 0 spiro atoms. The molecule has 2 aliphatic heterocycles. The van der Waals surface area contributed by atoms with Crippen LogP contribution in [0.1, 0.15) is 32.6 Å². The predicted molar refractivity (Wildman–Crippen MR) is 106 cm³/mol. The van der Waals surface area contributed by atoms with Crippen LogP contribution in [0.4, 0.5) is 0 Å². The van der Waals surface area contributed by atoms with Crippen LogP contribution in [0.2, 0.25) is 0 Å². The minimum absolute atomic E-state index is 0.0379. The van der Waals surface area contributed by atoms with Gasteiger partial charge in [-0.05, 0) is 57.7 Å². The molecular weight excluding hydrogens is 358 g/mol. The number of carbonyl (C=O) groups excluding carboxylic acids is 3. The van der Waals surface area contributed by atoms with E-state index in [4.69, 9.17) is 11.2 Å². The molecule has 2 rings (SSSR count). The number of hydrogen-bond donors (Lipinski definition) is 2. The summed E-state index contributed by atoms with van der Waals surface area (Å²) in [5, 5.41) is 6.05. The molecule has 7 heteroatoms. The van der Waals surface area contributed by atoms with Crippen molar-refractivity contribution in [3.8, 4) is 12.3 Å². The lowest BCUT2D eigenvalue weighted by Crippen LogP contribution is -2.46. The molecule has 7 nitrogen and oxygen atoms in total. The van der Waals surface area contributed by atoms with Gasteiger partial charge < -0.3 is 20.3 Å². The Bertz CT molecular complexity index is 620. The highest BCUT2D eigenvalue weighted by molar-refractivity contribution is 5.88. The number of carbonyl (C=O) groups is 3. The zero-order valence-electron chi connectivity index (χ0n) is 16.6. The monoisotopic (exact) mass is 389 g/mol. The molecule has 154 valence electrons. The topological polar surface area (TPSA) is 87.7 Å². The first-order valence-electron chi connectivity index (χ1n) is 10.1. The van der Waals surface area contributed by atoms with Crippen molar-refractivity contribution in [1.29, 1.82) is 0 Å². The summed E-state index contributed by atoms with van der Waals surface area (Å²) in [4.78, 5) is 38.4. The molecule has 2 aliphatic rings. The van der Waals surface area contributed by atoms with Crippen LogP contribution in [0.25, 0.3) is 0 Å². The van der Waals surface area contributed by atoms with Gasteiger partial charge in [0.1, 0.15) is 5.92 Å². The number of rotatable bonds is 7. The van der Waals surface area contributed by atoms with Crippen molar-refractivity contribution >= 4 is 17.8 Å². The third kappa shape index (κ3) is 6.68. The van der Waals surface area contributed by atoms with Crippen LogP contribution < -0.4 is 10.6 Å². The van der Waals surface area contributed by atoms with E-state index in [1.807, 2.05) is 6.08 Å². The van der Waals surface area contributed by atoms with Crippen LogP contribution in [0, 0.1) is 30.1 Å². The van der Waals surface area contributed by atoms with E-state index in [0.29, 0.717) is 25.4 Å². The average molecular weight is 389 g/mol. The summed E-state index contributed by atoms with van der Waals surface area (Å²) in [6, 6.07) is 0. The van der Waals surface area contributed by atoms with Crippen molar-refractivity contribution in [2.45, 2.75) is 32.6 Å². The summed E-state index contributed by atoms with van der Waals surface area (Å²) in [6.45, 7) is 5.02. The number of nitrogens with one attached hydrogen (secondary N) is 2. The SMILES string of the molecule is C#C[C@@H](CNC(=O)[C@@H]1CCCN(C(=O)/C=C/C2CCNCC2)C1)C(=O)OCC. The maximum Gasteiger partial charge on any atom is 0.322 e. The molecule has 0 aromatic carbocycles. The van der Waals surface area contributed by atoms with E-state index in [9.17, 15) is 14.4 Å². The lowest BCUT2D eigenvalue weighted by Gasteiger charge is -2.31. The molecule has 2 atom stereocenters. The normalized spacial score (nSPS) is 21.7. The highest BCUT2D eigenvalue weighted by Crippen LogP contribution is 2.18. The molecule has 2 amide bonds. The lowest BCUT2D eigenvalue weighted by atomic mass is 9.96. The van der Waals surface area contributed by atoms with E-state index in [1.54, 1.807) is 17.9 Å². The first-order valence-corrected chi connectivity index (χ1v) is 10.1. The van der Waals surface area contributed by atoms with Crippen molar-refractivity contribution in [3.63, 3.8) is 0 Å². The fourth-order valence-corrected chi connectivity index (χ4v) is 3.55. The second-order valence-corrected chi connectivity index (χ2v) is 7.29. The number of hydrogen-bond acceptors (Lipinski definition) is 5. The van der Waals surface area contributed by atoms with Gasteiger partial charge in [0.2, 0.25) is 11.8 Å². The number of nitrogens with zero attached hydrogens (tertiary/aromatic N) is 1. The fraction of sp³-hybridized carbons (Fsp3) is 0.667. The van der Waals surface area contributed by atoms with Crippen LogP contribution >= 0.6 is 0 Å². The average Bonchev–Trinajstić information content (AvgIpc) is 2.73. The van der Waals surface area contributed by atoms with Crippen LogP contribution in [0.15, 0.2) is 12.2 Å². The van der Waals surface area contributed by atoms with Gasteiger partial charge in [-0.1, -0.05) is 12.0 Å². The second kappa shape index (κ2) is 11.5. The Kier molecular flexibility index (Phi) is 9.02. The summed E-state index contributed by atoms with van der Waals surface area (Å²) in [5.74, 6) is 0.995. The Morgan fingerprint density at radius 1 is 1.32 bits per heavy atom. The third-order valence-electron chi connectivity index (χ3n) is 5.25. The number of amides is 2. The molecule has 0 unspecified atom stereocenters. The van der Waals surface area contributed by atoms with E-state index < -0.39 is 11.9 Å². The molecule has 2 heterocycles. The molecule has 0 aromatic heterocycles. The lowest BCUT2D eigenvalue weighted by molar-refractivity contribution is -0.145. The van der Waals surface area contributed by atoms with Crippen molar-refractivity contribution in [2.75, 3.05) is 39.3 Å². The molecule has 0 bridgehead atoms. The minimum atomic E-state index is -0.793. The molecule has 0 aromatic rings. The molecule has 2 fully saturated rings. The standard InChI is InChI=1S/C21H31N3O4/c1-3-17(21(27)28-4-2)14-23-20(26)18-6-5-13-24(15-18)19(25)8-7-16-9-11-22-12-10-16/h1,7-8,16-18,22H,4-6,9-15H2,2H3,(H,23,26)/b8-7+/t17-,18+/m0/s1. The van der Waals surface area contributed by atoms with E-state index >= 15 is 0 Å². The summed E-state index contributed by atoms with van der Waals surface area (Å²) in [6.07, 6.45) is 12.6. The van der Waals surface area contributed by atoms with Gasteiger partial charge in [0.15, 0.2) is 0 Å². The zero-order chi connectivity index (χ0) is 20.4. The van der Waals surface area contributed by atoms with Crippen molar-refractivity contribution < 1.29 is 19.1 Å². The number of esters is 1. The smallest absolute Gasteiger partial charge is 0.322 e. The predicted octanol–water partition coefficient (Wildman–Crippen LogP) is 0.710. The Labute approximate surface area is 167 Å². The van der Waals surface area contributed by atoms with Gasteiger partial charge in [0.05, 0.1) is 12.5 Å². The first kappa shape index (κ1) is 22.0. The van der Waals surface area contributed by atoms with E-state index in [-0.39, 0.29) is 30.9 Å². The molecule has 0 saturated carbocycles. The van der Waals surface area contributed by atoms with Gasteiger partial charge in [0.25, 0.3) is 0 Å². The van der Waals surface area contributed by atoms with E-state index in [1.165, 1.54) is 0 Å². The van der Waals surface area contributed by atoms with Gasteiger partial charge >= 0.3 is 5.97 Å². The Hall–Kier alpha value is -2.33. The van der Waals surface area contributed by atoms with Crippen LogP contribution in [0.3, 0.4) is 0 Å². The van der Waals surface area contributed by atoms with E-state index in [2.05, 4.69) is 16.6 Å². The number of allylic oxidation sites excluding steroid dienone is 1. The molecular formula is C21H31N3O4. The van der Waals surface area contributed by atoms with Crippen molar-refractivity contribution in [2.24, 2.45) is 17.8 Å². The fourth-order valence-electron chi connectivity index (χ4n) is 3.55. The number of piperidine rings is 2. The number of likely N-dealkylation sites (tertiary alicyclic amines) is 1. The molecule has 0 aliphatic carbocycles. The van der Waals surface area contributed by atoms with Gasteiger partial charge in [-0.25, -0.2) is 0 Å². The zero-order valence-corrected chi connectivity index (χ0v) is 16.6. The van der Waals surface area contributed by atoms with Crippen LogP contribution in [-0.2, 0) is 19.1 Å². The van der Waals surface area contributed by atoms with Gasteiger partial charge in [0, 0.05) is 19.6 Å². The van der Waals surface area contributed by atoms with Crippen molar-refractivity contribution in [1.82, 2.24) is 15.5 Å². The molecule has 2 saturated heterocycles. The third-order valence-corrected chi connectivity index (χ3v) is 5.25. The molecule has 2 N–H and O–H groups in total. The second-order valence-electron chi connectivity index (χ2n) is 7.29. The highest BCUT2D eigenvalue weighted by atomic mass is 16.5. The Morgan fingerprint density at radius 3 is 2.75 bits per heavy atom. The number of terminal acetylenes is 1. The summed E-state index contributed by atoms with van der Waals surface area (Å²) in [5.41, 5.74) is 0. The van der Waals surface area contributed by atoms with E-state index in [0.717, 1.165) is 32.4 Å². The van der Waals surface area contributed by atoms with Gasteiger partial charge in [-0.2, -0.15) is 0 Å². The Balaban J connectivity index is 1.81. The van der Waals surface area contributed by atoms with Gasteiger partial charge in [-0.3, -0.25) is 14.4 Å². The maximum atomic E-state index is 12.5. The van der Waals surface area contributed by atoms with Crippen molar-refractivity contribution in [3.05, 3.63) is 12.2 Å². The molecule has 28 heavy (non-hydrogen) atoms. The van der Waals surface area contributed by atoms with Crippen LogP contribution in [-0.4, -0.2) is 62.0 Å². The van der Waals surface area contributed by atoms with Gasteiger partial charge in [-0.15, -0.1) is 6.42 Å². The minimum Gasteiger partial charge on any atom is -0.465 e. The summed E-state index contributed by atoms with van der Waals surface area (Å²) in [7, 11) is 0. The number of ether oxygens (including phenoxy) is 1. The quantitative estimate of drug-likeness (QED) is 0.380. The summed E-state index contributed by atoms with van der Waals surface area (Å²) < 4.78 is 4.90. The largest absolute Gasteiger partial charge is 0.465 e. The summed E-state index contributed by atoms with van der Waals surface area (Å²) >= 11 is 0. The Morgan fingerprint density at radius 2 is 2.07 bits per heavy atom. The highest BCUT2D eigenvalue weighted by Gasteiger charge is 2.28.